The van der Waals surface area contributed by atoms with Crippen LogP contribution in [-0.4, -0.2) is 56.8 Å². The smallest absolute Gasteiger partial charge is 0.269 e. The van der Waals surface area contributed by atoms with Gasteiger partial charge in [0.25, 0.3) is 11.6 Å². The van der Waals surface area contributed by atoms with Crippen molar-refractivity contribution in [3.05, 3.63) is 75.8 Å². The second-order valence-electron chi connectivity index (χ2n) is 6.97. The van der Waals surface area contributed by atoms with Crippen molar-refractivity contribution in [2.45, 2.75) is 25.0 Å². The van der Waals surface area contributed by atoms with Gasteiger partial charge in [-0.2, -0.15) is 0 Å². The van der Waals surface area contributed by atoms with Gasteiger partial charge in [-0.25, -0.2) is 5.06 Å². The predicted molar refractivity (Wildman–Crippen MR) is 102 cm³/mol. The Balaban J connectivity index is 1.73. The van der Waals surface area contributed by atoms with Crippen LogP contribution >= 0.6 is 0 Å². The topological polar surface area (TPSA) is 107 Å². The number of amides is 1. The Morgan fingerprint density at radius 2 is 1.89 bits per heavy atom. The Morgan fingerprint density at radius 3 is 2.46 bits per heavy atom. The van der Waals surface area contributed by atoms with Gasteiger partial charge in [0.2, 0.25) is 0 Å². The molecule has 148 valence electrons. The van der Waals surface area contributed by atoms with E-state index in [1.54, 1.807) is 0 Å². The second-order valence-corrected chi connectivity index (χ2v) is 6.97. The summed E-state index contributed by atoms with van der Waals surface area (Å²) in [5.74, 6) is -0.498. The maximum atomic E-state index is 12.7. The Labute approximate surface area is 162 Å². The van der Waals surface area contributed by atoms with Crippen LogP contribution < -0.4 is 0 Å². The number of nitro benzene ring substituents is 1. The zero-order chi connectivity index (χ0) is 20.1. The molecule has 0 saturated carbocycles. The number of β-amino-alcohol motifs (C(OH)–C–C–N with tert-alkyl or cyclic N) is 1. The number of nitro groups is 1. The summed E-state index contributed by atoms with van der Waals surface area (Å²) in [6, 6.07) is 14.4. The molecule has 1 fully saturated rings. The van der Waals surface area contributed by atoms with Crippen LogP contribution in [0.1, 0.15) is 23.6 Å². The van der Waals surface area contributed by atoms with E-state index in [9.17, 15) is 25.2 Å². The van der Waals surface area contributed by atoms with E-state index in [0.717, 1.165) is 10.6 Å². The summed E-state index contributed by atoms with van der Waals surface area (Å²) < 4.78 is 0. The molecule has 1 saturated heterocycles. The van der Waals surface area contributed by atoms with Gasteiger partial charge in [0.05, 0.1) is 23.5 Å². The number of likely N-dealkylation sites (tertiary alicyclic amines) is 1. The molecule has 0 spiro atoms. The fourth-order valence-corrected chi connectivity index (χ4v) is 3.39. The number of carbonyl (C=O) groups is 1. The second kappa shape index (κ2) is 8.92. The fourth-order valence-electron chi connectivity index (χ4n) is 3.39. The van der Waals surface area contributed by atoms with Crippen LogP contribution in [0.4, 0.5) is 5.69 Å². The van der Waals surface area contributed by atoms with E-state index in [-0.39, 0.29) is 18.2 Å². The number of hydrogen-bond acceptors (Lipinski definition) is 6. The van der Waals surface area contributed by atoms with E-state index in [4.69, 9.17) is 0 Å². The Morgan fingerprint density at radius 1 is 1.21 bits per heavy atom. The van der Waals surface area contributed by atoms with Crippen LogP contribution in [0.15, 0.2) is 54.6 Å². The normalized spacial score (nSPS) is 18.0. The quantitative estimate of drug-likeness (QED) is 0.430. The highest BCUT2D eigenvalue weighted by atomic mass is 16.6. The molecule has 8 nitrogen and oxygen atoms in total. The minimum atomic E-state index is -0.572. The third-order valence-corrected chi connectivity index (χ3v) is 4.92. The molecule has 2 aromatic rings. The van der Waals surface area contributed by atoms with Crippen LogP contribution in [-0.2, 0) is 11.2 Å². The average Bonchev–Trinajstić information content (AvgIpc) is 3.11. The lowest BCUT2D eigenvalue weighted by molar-refractivity contribution is -0.384. The monoisotopic (exact) mass is 385 g/mol. The van der Waals surface area contributed by atoms with E-state index in [2.05, 4.69) is 0 Å². The Kier molecular flexibility index (Phi) is 6.35. The standard InChI is InChI=1S/C20H23N3O5/c24-18-10-11-21(13-18)14-19(16-4-2-1-3-5-16)22(26)20(25)12-15-6-8-17(9-7-15)23(27)28/h1-9,18-19,24,26H,10-14H2/t18-,19+/m0/s1. The van der Waals surface area contributed by atoms with E-state index >= 15 is 0 Å². The number of aliphatic hydroxyl groups is 1. The van der Waals surface area contributed by atoms with Crippen molar-refractivity contribution >= 4 is 11.6 Å². The van der Waals surface area contributed by atoms with Crippen LogP contribution in [0, 0.1) is 10.1 Å². The highest BCUT2D eigenvalue weighted by Gasteiger charge is 2.29. The van der Waals surface area contributed by atoms with Gasteiger partial charge in [-0.15, -0.1) is 0 Å². The van der Waals surface area contributed by atoms with Gasteiger partial charge in [-0.1, -0.05) is 42.5 Å². The third kappa shape index (κ3) is 4.92. The number of rotatable bonds is 7. The molecule has 0 unspecified atom stereocenters. The van der Waals surface area contributed by atoms with E-state index < -0.39 is 16.9 Å². The molecule has 0 bridgehead atoms. The number of aliphatic hydroxyl groups excluding tert-OH is 1. The molecule has 2 N–H and O–H groups in total. The minimum absolute atomic E-state index is 0.0493. The van der Waals surface area contributed by atoms with Crippen molar-refractivity contribution in [1.82, 2.24) is 9.96 Å². The lowest BCUT2D eigenvalue weighted by Gasteiger charge is -2.30. The number of hydrogen-bond donors (Lipinski definition) is 2. The first-order valence-electron chi connectivity index (χ1n) is 9.13. The molecular weight excluding hydrogens is 362 g/mol. The largest absolute Gasteiger partial charge is 0.392 e. The molecule has 1 aliphatic heterocycles. The number of hydroxylamine groups is 2. The minimum Gasteiger partial charge on any atom is -0.392 e. The molecule has 3 rings (SSSR count). The van der Waals surface area contributed by atoms with Gasteiger partial charge >= 0.3 is 0 Å². The molecule has 2 atom stereocenters. The maximum absolute atomic E-state index is 12.7. The summed E-state index contributed by atoms with van der Waals surface area (Å²) in [6.07, 6.45) is 0.212. The molecule has 1 aliphatic rings. The van der Waals surface area contributed by atoms with E-state index in [0.29, 0.717) is 31.6 Å². The Bertz CT molecular complexity index is 812. The van der Waals surface area contributed by atoms with Crippen molar-refractivity contribution in [3.8, 4) is 0 Å². The van der Waals surface area contributed by atoms with Gasteiger partial charge in [0.1, 0.15) is 0 Å². The van der Waals surface area contributed by atoms with Gasteiger partial charge in [0, 0.05) is 31.8 Å². The highest BCUT2D eigenvalue weighted by molar-refractivity contribution is 5.78. The lowest BCUT2D eigenvalue weighted by Crippen LogP contribution is -2.40. The molecule has 1 amide bonds. The number of nitrogens with zero attached hydrogens (tertiary/aromatic N) is 3. The molecular formula is C20H23N3O5. The van der Waals surface area contributed by atoms with Crippen LogP contribution in [0.2, 0.25) is 0 Å². The molecule has 0 radical (unpaired) electrons. The van der Waals surface area contributed by atoms with Crippen molar-refractivity contribution < 1.29 is 20.0 Å². The summed E-state index contributed by atoms with van der Waals surface area (Å²) in [4.78, 5) is 24.9. The van der Waals surface area contributed by atoms with Crippen molar-refractivity contribution in [2.75, 3.05) is 19.6 Å². The highest BCUT2D eigenvalue weighted by Crippen LogP contribution is 2.24. The van der Waals surface area contributed by atoms with Crippen molar-refractivity contribution in [2.24, 2.45) is 0 Å². The first-order chi connectivity index (χ1) is 13.4. The van der Waals surface area contributed by atoms with Crippen molar-refractivity contribution in [1.29, 1.82) is 0 Å². The molecule has 2 aromatic carbocycles. The fraction of sp³-hybridized carbons (Fsp3) is 0.350. The summed E-state index contributed by atoms with van der Waals surface area (Å²) in [5.41, 5.74) is 1.33. The van der Waals surface area contributed by atoms with Crippen molar-refractivity contribution in [3.63, 3.8) is 0 Å². The first kappa shape index (κ1) is 19.9. The molecule has 8 heteroatoms. The zero-order valence-corrected chi connectivity index (χ0v) is 15.3. The van der Waals surface area contributed by atoms with Gasteiger partial charge in [-0.3, -0.25) is 25.0 Å². The van der Waals surface area contributed by atoms with Crippen LogP contribution in [0.5, 0.6) is 0 Å². The summed E-state index contributed by atoms with van der Waals surface area (Å²) in [6.45, 7) is 1.62. The zero-order valence-electron chi connectivity index (χ0n) is 15.3. The van der Waals surface area contributed by atoms with Gasteiger partial charge < -0.3 is 5.11 Å². The molecule has 28 heavy (non-hydrogen) atoms. The number of benzene rings is 2. The predicted octanol–water partition coefficient (Wildman–Crippen LogP) is 2.16. The number of carbonyl (C=O) groups excluding carboxylic acids is 1. The molecule has 0 aliphatic carbocycles. The van der Waals surface area contributed by atoms with Crippen LogP contribution in [0.25, 0.3) is 0 Å². The lowest BCUT2D eigenvalue weighted by atomic mass is 10.0. The Hall–Kier alpha value is -2.81. The summed E-state index contributed by atoms with van der Waals surface area (Å²) in [7, 11) is 0. The maximum Gasteiger partial charge on any atom is 0.269 e. The molecule has 0 aromatic heterocycles. The van der Waals surface area contributed by atoms with E-state index in [1.165, 1.54) is 24.3 Å². The van der Waals surface area contributed by atoms with Crippen LogP contribution in [0.3, 0.4) is 0 Å². The molecule has 1 heterocycles. The number of non-ortho nitro benzene ring substituents is 1. The SMILES string of the molecule is O=C(Cc1ccc([N+](=O)[O-])cc1)N(O)[C@H](CN1CC[C@H](O)C1)c1ccccc1. The summed E-state index contributed by atoms with van der Waals surface area (Å²) >= 11 is 0. The first-order valence-corrected chi connectivity index (χ1v) is 9.13. The van der Waals surface area contributed by atoms with E-state index in [1.807, 2.05) is 35.2 Å². The third-order valence-electron chi connectivity index (χ3n) is 4.92. The summed E-state index contributed by atoms with van der Waals surface area (Å²) in [5, 5.41) is 31.9. The average molecular weight is 385 g/mol. The van der Waals surface area contributed by atoms with Gasteiger partial charge in [0.15, 0.2) is 0 Å². The van der Waals surface area contributed by atoms with Gasteiger partial charge in [-0.05, 0) is 17.5 Å².